The number of nitrogens with zero attached hydrogens (tertiary/aromatic N) is 5. The number of nitro groups is 1. The summed E-state index contributed by atoms with van der Waals surface area (Å²) in [5.74, 6) is 0. The summed E-state index contributed by atoms with van der Waals surface area (Å²) in [6.45, 7) is 5.92. The zero-order valence-corrected chi connectivity index (χ0v) is 13.3. The molecule has 1 aromatic heterocycles. The summed E-state index contributed by atoms with van der Waals surface area (Å²) >= 11 is 0. The van der Waals surface area contributed by atoms with Gasteiger partial charge >= 0.3 is 0 Å². The molecule has 0 aromatic carbocycles. The summed E-state index contributed by atoms with van der Waals surface area (Å²) in [5.41, 5.74) is -0.291. The van der Waals surface area contributed by atoms with Gasteiger partial charge in [-0.1, -0.05) is 0 Å². The molecule has 0 spiro atoms. The minimum atomic E-state index is -0.319. The monoisotopic (exact) mass is 339 g/mol. The number of hydrazine groups is 1. The largest absolute Gasteiger partial charge is 0.455 e. The zero-order valence-electron chi connectivity index (χ0n) is 11.7. The number of imidazole rings is 1. The molecule has 1 aromatic rings. The Bertz CT molecular complexity index is 469. The van der Waals surface area contributed by atoms with Crippen LogP contribution in [0.15, 0.2) is 12.4 Å². The zero-order chi connectivity index (χ0) is 13.5. The molecule has 2 aliphatic rings. The Hall–Kier alpha value is -1.25. The van der Waals surface area contributed by atoms with E-state index in [2.05, 4.69) is 16.8 Å². The number of ether oxygens (including phenoxy) is 1. The van der Waals surface area contributed by atoms with Gasteiger partial charge in [0, 0.05) is 32.0 Å². The highest BCUT2D eigenvalue weighted by Crippen LogP contribution is 2.28. The van der Waals surface area contributed by atoms with Gasteiger partial charge in [-0.25, -0.2) is 15.1 Å². The Morgan fingerprint density at radius 2 is 2.05 bits per heavy atom. The van der Waals surface area contributed by atoms with E-state index in [1.165, 1.54) is 5.01 Å². The van der Waals surface area contributed by atoms with Crippen LogP contribution in [0.25, 0.3) is 0 Å². The Morgan fingerprint density at radius 3 is 2.62 bits per heavy atom. The molecule has 0 N–H and O–H groups in total. The first-order valence-corrected chi connectivity index (χ1v) is 6.37. The standard InChI is InChI=1S/C11H17N5O3.2ClH/c1-11(9-14-3-2-12-10(14)19-11)8-13-4-6-15(7-5-13)16(17)18;;/h2-3H,4-9H2,1H3;2*1H/t11-;;/m0../s1. The van der Waals surface area contributed by atoms with Crippen molar-refractivity contribution in [1.82, 2.24) is 19.5 Å². The molecule has 1 atom stereocenters. The smallest absolute Gasteiger partial charge is 0.297 e. The number of hydrogen-bond donors (Lipinski definition) is 0. The number of piperazine rings is 1. The van der Waals surface area contributed by atoms with Crippen molar-refractivity contribution in [1.29, 1.82) is 0 Å². The van der Waals surface area contributed by atoms with E-state index in [0.29, 0.717) is 32.2 Å². The van der Waals surface area contributed by atoms with E-state index in [-0.39, 0.29) is 35.4 Å². The third-order valence-electron chi connectivity index (χ3n) is 3.66. The number of hydrogen-bond acceptors (Lipinski definition) is 5. The first-order chi connectivity index (χ1) is 9.06. The maximum absolute atomic E-state index is 10.7. The normalized spacial score (nSPS) is 24.5. The van der Waals surface area contributed by atoms with Crippen molar-refractivity contribution in [2.24, 2.45) is 0 Å². The van der Waals surface area contributed by atoms with Gasteiger partial charge in [-0.3, -0.25) is 9.47 Å². The molecule has 10 heteroatoms. The van der Waals surface area contributed by atoms with E-state index in [0.717, 1.165) is 13.1 Å². The molecule has 0 amide bonds. The third kappa shape index (κ3) is 3.69. The van der Waals surface area contributed by atoms with Crippen molar-refractivity contribution >= 4 is 24.8 Å². The Labute approximate surface area is 135 Å². The van der Waals surface area contributed by atoms with Crippen molar-refractivity contribution in [2.45, 2.75) is 19.1 Å². The van der Waals surface area contributed by atoms with Crippen LogP contribution >= 0.6 is 24.8 Å². The molecular weight excluding hydrogens is 321 g/mol. The van der Waals surface area contributed by atoms with E-state index in [1.54, 1.807) is 6.20 Å². The van der Waals surface area contributed by atoms with Gasteiger partial charge in [0.15, 0.2) is 5.03 Å². The summed E-state index contributed by atoms with van der Waals surface area (Å²) in [4.78, 5) is 17.0. The van der Waals surface area contributed by atoms with Gasteiger partial charge in [0.25, 0.3) is 6.01 Å². The molecule has 1 saturated heterocycles. The lowest BCUT2D eigenvalue weighted by Crippen LogP contribution is -2.53. The van der Waals surface area contributed by atoms with Crippen LogP contribution in [0.4, 0.5) is 0 Å². The quantitative estimate of drug-likeness (QED) is 0.595. The minimum Gasteiger partial charge on any atom is -0.455 e. The third-order valence-corrected chi connectivity index (χ3v) is 3.66. The van der Waals surface area contributed by atoms with Gasteiger partial charge in [-0.2, -0.15) is 0 Å². The summed E-state index contributed by atoms with van der Waals surface area (Å²) in [6, 6.07) is 0.659. The number of fused-ring (bicyclic) bond motifs is 1. The van der Waals surface area contributed by atoms with E-state index in [1.807, 2.05) is 10.8 Å². The van der Waals surface area contributed by atoms with E-state index < -0.39 is 0 Å². The van der Waals surface area contributed by atoms with Crippen molar-refractivity contribution in [2.75, 3.05) is 32.7 Å². The SMILES string of the molecule is C[C@]1(CN2CCN([N+](=O)[O-])CC2)Cn2ccnc2O1.Cl.Cl. The summed E-state index contributed by atoms with van der Waals surface area (Å²) in [7, 11) is 0. The van der Waals surface area contributed by atoms with E-state index in [4.69, 9.17) is 4.74 Å². The number of halogens is 2. The molecule has 0 unspecified atom stereocenters. The highest BCUT2D eigenvalue weighted by Gasteiger charge is 2.38. The van der Waals surface area contributed by atoms with Crippen molar-refractivity contribution in [3.05, 3.63) is 22.5 Å². The fraction of sp³-hybridized carbons (Fsp3) is 0.727. The Balaban J connectivity index is 0.00000110. The number of aromatic nitrogens is 2. The molecule has 3 heterocycles. The second-order valence-electron chi connectivity index (χ2n) is 5.36. The molecule has 0 radical (unpaired) electrons. The van der Waals surface area contributed by atoms with Crippen LogP contribution in [0.5, 0.6) is 6.01 Å². The predicted molar refractivity (Wildman–Crippen MR) is 80.8 cm³/mol. The van der Waals surface area contributed by atoms with Gasteiger partial charge < -0.3 is 4.74 Å². The minimum absolute atomic E-state index is 0. The second kappa shape index (κ2) is 6.67. The van der Waals surface area contributed by atoms with E-state index in [9.17, 15) is 10.1 Å². The fourth-order valence-electron chi connectivity index (χ4n) is 2.75. The van der Waals surface area contributed by atoms with Crippen LogP contribution in [-0.4, -0.2) is 62.8 Å². The lowest BCUT2D eigenvalue weighted by molar-refractivity contribution is -0.657. The van der Waals surface area contributed by atoms with E-state index >= 15 is 0 Å². The summed E-state index contributed by atoms with van der Waals surface area (Å²) < 4.78 is 7.87. The molecule has 8 nitrogen and oxygen atoms in total. The molecule has 0 aliphatic carbocycles. The predicted octanol–water partition coefficient (Wildman–Crippen LogP) is 0.687. The fourth-order valence-corrected chi connectivity index (χ4v) is 2.75. The van der Waals surface area contributed by atoms with Gasteiger partial charge in [-0.05, 0) is 6.92 Å². The van der Waals surface area contributed by atoms with Crippen LogP contribution in [0.1, 0.15) is 6.92 Å². The van der Waals surface area contributed by atoms with Gasteiger partial charge in [-0.15, -0.1) is 29.8 Å². The molecule has 120 valence electrons. The highest BCUT2D eigenvalue weighted by molar-refractivity contribution is 5.85. The van der Waals surface area contributed by atoms with Gasteiger partial charge in [0.05, 0.1) is 19.6 Å². The molecule has 3 rings (SSSR count). The summed E-state index contributed by atoms with van der Waals surface area (Å²) in [5, 5.41) is 11.6. The van der Waals surface area contributed by atoms with Crippen LogP contribution in [0.2, 0.25) is 0 Å². The molecule has 2 aliphatic heterocycles. The van der Waals surface area contributed by atoms with Crippen molar-refractivity contribution in [3.8, 4) is 6.01 Å². The van der Waals surface area contributed by atoms with Crippen molar-refractivity contribution < 1.29 is 9.77 Å². The molecule has 0 saturated carbocycles. The average Bonchev–Trinajstić information content (AvgIpc) is 2.87. The topological polar surface area (TPSA) is 76.7 Å². The first-order valence-electron chi connectivity index (χ1n) is 6.37. The van der Waals surface area contributed by atoms with Gasteiger partial charge in [0.2, 0.25) is 0 Å². The van der Waals surface area contributed by atoms with Crippen LogP contribution < -0.4 is 4.74 Å². The summed E-state index contributed by atoms with van der Waals surface area (Å²) in [6.07, 6.45) is 3.63. The number of rotatable bonds is 3. The van der Waals surface area contributed by atoms with Crippen LogP contribution in [-0.2, 0) is 6.54 Å². The highest BCUT2D eigenvalue weighted by atomic mass is 35.5. The van der Waals surface area contributed by atoms with Gasteiger partial charge in [0.1, 0.15) is 5.60 Å². The molecule has 21 heavy (non-hydrogen) atoms. The lowest BCUT2D eigenvalue weighted by Gasteiger charge is -2.35. The average molecular weight is 340 g/mol. The second-order valence-corrected chi connectivity index (χ2v) is 5.36. The molecule has 0 bridgehead atoms. The van der Waals surface area contributed by atoms with Crippen LogP contribution in [0.3, 0.4) is 0 Å². The Morgan fingerprint density at radius 1 is 1.38 bits per heavy atom. The lowest BCUT2D eigenvalue weighted by atomic mass is 10.1. The molecule has 1 fully saturated rings. The Kier molecular flexibility index (Phi) is 5.66. The maximum atomic E-state index is 10.7. The van der Waals surface area contributed by atoms with Crippen molar-refractivity contribution in [3.63, 3.8) is 0 Å². The maximum Gasteiger partial charge on any atom is 0.297 e. The molecular formula is C11H19Cl2N5O3. The first kappa shape index (κ1) is 17.8. The van der Waals surface area contributed by atoms with Crippen LogP contribution in [0, 0.1) is 10.1 Å².